The molecule has 10 rings (SSSR count). The quantitative estimate of drug-likeness (QED) is 0.192. The number of benzene rings is 7. The smallest absolute Gasteiger partial charge is 0.160 e. The number of anilines is 3. The minimum absolute atomic E-state index is 0.685. The number of nitrogens with zero attached hydrogens (tertiary/aromatic N) is 4. The molecule has 1 aliphatic heterocycles. The predicted molar refractivity (Wildman–Crippen MR) is 206 cm³/mol. The van der Waals surface area contributed by atoms with E-state index in [4.69, 9.17) is 9.97 Å². The Balaban J connectivity index is 1.22. The Labute approximate surface area is 290 Å². The van der Waals surface area contributed by atoms with E-state index in [0.717, 1.165) is 51.0 Å². The molecular formula is C46H30N4. The fourth-order valence-electron chi connectivity index (χ4n) is 7.36. The number of aromatic nitrogens is 3. The van der Waals surface area contributed by atoms with E-state index in [9.17, 15) is 0 Å². The molecule has 0 spiro atoms. The molecular weight excluding hydrogens is 609 g/mol. The van der Waals surface area contributed by atoms with Crippen molar-refractivity contribution < 1.29 is 0 Å². The Hall–Kier alpha value is -6.78. The van der Waals surface area contributed by atoms with Crippen molar-refractivity contribution in [1.29, 1.82) is 0 Å². The molecule has 0 aliphatic carbocycles. The van der Waals surface area contributed by atoms with Gasteiger partial charge in [-0.1, -0.05) is 133 Å². The van der Waals surface area contributed by atoms with Crippen LogP contribution in [0.15, 0.2) is 182 Å². The third kappa shape index (κ3) is 4.61. The Kier molecular flexibility index (Phi) is 6.46. The molecule has 9 aromatic rings. The van der Waals surface area contributed by atoms with E-state index in [1.165, 1.54) is 32.8 Å². The van der Waals surface area contributed by atoms with Crippen LogP contribution in [-0.4, -0.2) is 14.5 Å². The predicted octanol–water partition coefficient (Wildman–Crippen LogP) is 12.0. The number of hydrogen-bond donors (Lipinski definition) is 0. The van der Waals surface area contributed by atoms with Crippen LogP contribution in [0.2, 0.25) is 0 Å². The molecule has 0 atom stereocenters. The first-order valence-corrected chi connectivity index (χ1v) is 16.9. The molecule has 3 heterocycles. The van der Waals surface area contributed by atoms with Crippen molar-refractivity contribution in [3.05, 3.63) is 182 Å². The second-order valence-corrected chi connectivity index (χ2v) is 12.7. The Morgan fingerprint density at radius 1 is 0.380 bits per heavy atom. The lowest BCUT2D eigenvalue weighted by Crippen LogP contribution is -2.13. The van der Waals surface area contributed by atoms with Crippen LogP contribution in [-0.2, 0) is 0 Å². The number of fused-ring (bicyclic) bond motifs is 8. The molecule has 7 aromatic carbocycles. The van der Waals surface area contributed by atoms with Gasteiger partial charge in [-0.25, -0.2) is 9.97 Å². The minimum atomic E-state index is 0.685. The highest BCUT2D eigenvalue weighted by Crippen LogP contribution is 2.49. The van der Waals surface area contributed by atoms with E-state index in [1.807, 2.05) is 12.1 Å². The second-order valence-electron chi connectivity index (χ2n) is 12.7. The molecule has 0 saturated heterocycles. The molecule has 4 heteroatoms. The van der Waals surface area contributed by atoms with Crippen LogP contribution in [0.25, 0.3) is 72.4 Å². The van der Waals surface area contributed by atoms with Gasteiger partial charge in [0.15, 0.2) is 5.82 Å². The zero-order chi connectivity index (χ0) is 33.0. The van der Waals surface area contributed by atoms with Crippen molar-refractivity contribution in [3.8, 4) is 50.7 Å². The summed E-state index contributed by atoms with van der Waals surface area (Å²) in [7, 11) is 0. The molecule has 0 unspecified atom stereocenters. The van der Waals surface area contributed by atoms with E-state index in [-0.39, 0.29) is 0 Å². The van der Waals surface area contributed by atoms with Crippen molar-refractivity contribution >= 4 is 38.9 Å². The van der Waals surface area contributed by atoms with Crippen LogP contribution in [0.3, 0.4) is 0 Å². The first kappa shape index (κ1) is 28.3. The highest BCUT2D eigenvalue weighted by molar-refractivity contribution is 6.04. The number of rotatable bonds is 4. The normalized spacial score (nSPS) is 12.0. The summed E-state index contributed by atoms with van der Waals surface area (Å²) in [6.07, 6.45) is 0. The van der Waals surface area contributed by atoms with Gasteiger partial charge in [0.05, 0.1) is 28.3 Å². The SMILES string of the molecule is c1ccc(-c2cc(-c3ccccc3)nc(-c3cccc(N4c5ccccc5-c5ccccc5-n5c4cc4cc6ccccc6cc45)c3)n2)cc1. The minimum Gasteiger partial charge on any atom is -0.295 e. The zero-order valence-electron chi connectivity index (χ0n) is 27.1. The van der Waals surface area contributed by atoms with Crippen molar-refractivity contribution in [1.82, 2.24) is 14.5 Å². The summed E-state index contributed by atoms with van der Waals surface area (Å²) >= 11 is 0. The number of hydrogen-bond acceptors (Lipinski definition) is 3. The van der Waals surface area contributed by atoms with E-state index < -0.39 is 0 Å². The average Bonchev–Trinajstić information content (AvgIpc) is 3.49. The third-order valence-corrected chi connectivity index (χ3v) is 9.69. The van der Waals surface area contributed by atoms with E-state index in [0.29, 0.717) is 5.82 Å². The number of para-hydroxylation sites is 2. The van der Waals surface area contributed by atoms with Gasteiger partial charge in [0.1, 0.15) is 5.82 Å². The van der Waals surface area contributed by atoms with Crippen LogP contribution in [0.5, 0.6) is 0 Å². The lowest BCUT2D eigenvalue weighted by atomic mass is 10.0. The van der Waals surface area contributed by atoms with Gasteiger partial charge in [-0.15, -0.1) is 0 Å². The van der Waals surface area contributed by atoms with Crippen LogP contribution >= 0.6 is 0 Å². The molecule has 2 aromatic heterocycles. The Morgan fingerprint density at radius 2 is 0.940 bits per heavy atom. The second kappa shape index (κ2) is 11.4. The van der Waals surface area contributed by atoms with Crippen molar-refractivity contribution in [3.63, 3.8) is 0 Å². The Morgan fingerprint density at radius 3 is 1.64 bits per heavy atom. The standard InChI is InChI=1S/C46H30N4/c1-3-14-31(15-4-1)40-30-41(32-16-5-2-6-17-32)48-46(47-40)35-20-13-21-37(27-35)49-42-24-11-9-22-38(42)39-23-10-12-25-43(39)50-44-28-34-19-8-7-18-33(34)26-36(44)29-45(49)50/h1-30H. The van der Waals surface area contributed by atoms with Crippen molar-refractivity contribution in [2.24, 2.45) is 0 Å². The van der Waals surface area contributed by atoms with Gasteiger partial charge in [0.25, 0.3) is 0 Å². The van der Waals surface area contributed by atoms with Gasteiger partial charge in [-0.3, -0.25) is 9.47 Å². The summed E-state index contributed by atoms with van der Waals surface area (Å²) in [5.74, 6) is 1.76. The van der Waals surface area contributed by atoms with Crippen molar-refractivity contribution in [2.75, 3.05) is 4.90 Å². The average molecular weight is 639 g/mol. The summed E-state index contributed by atoms with van der Waals surface area (Å²) in [4.78, 5) is 12.7. The highest BCUT2D eigenvalue weighted by Gasteiger charge is 2.28. The molecule has 0 amide bonds. The molecule has 0 N–H and O–H groups in total. The molecule has 4 nitrogen and oxygen atoms in total. The van der Waals surface area contributed by atoms with E-state index >= 15 is 0 Å². The van der Waals surface area contributed by atoms with Crippen LogP contribution in [0.1, 0.15) is 0 Å². The fraction of sp³-hybridized carbons (Fsp3) is 0. The fourth-order valence-corrected chi connectivity index (χ4v) is 7.36. The summed E-state index contributed by atoms with van der Waals surface area (Å²) < 4.78 is 2.42. The summed E-state index contributed by atoms with van der Waals surface area (Å²) in [6.45, 7) is 0. The molecule has 0 fully saturated rings. The van der Waals surface area contributed by atoms with Crippen molar-refractivity contribution in [2.45, 2.75) is 0 Å². The summed E-state index contributed by atoms with van der Waals surface area (Å²) in [5, 5.41) is 3.64. The van der Waals surface area contributed by atoms with Crippen LogP contribution < -0.4 is 4.90 Å². The van der Waals surface area contributed by atoms with Gasteiger partial charge < -0.3 is 0 Å². The maximum Gasteiger partial charge on any atom is 0.160 e. The van der Waals surface area contributed by atoms with E-state index in [2.05, 4.69) is 179 Å². The summed E-state index contributed by atoms with van der Waals surface area (Å²) in [6, 6.07) is 64.4. The lowest BCUT2D eigenvalue weighted by Gasteiger charge is -2.26. The maximum absolute atomic E-state index is 5.16. The molecule has 234 valence electrons. The van der Waals surface area contributed by atoms with Crippen LogP contribution in [0.4, 0.5) is 17.2 Å². The van der Waals surface area contributed by atoms with Gasteiger partial charge in [-0.05, 0) is 59.3 Å². The Bertz CT molecular complexity index is 2650. The van der Waals surface area contributed by atoms with E-state index in [1.54, 1.807) is 0 Å². The molecule has 50 heavy (non-hydrogen) atoms. The van der Waals surface area contributed by atoms with Crippen LogP contribution in [0, 0.1) is 0 Å². The largest absolute Gasteiger partial charge is 0.295 e. The lowest BCUT2D eigenvalue weighted by molar-refractivity contribution is 1.09. The first-order chi connectivity index (χ1) is 24.8. The molecule has 0 bridgehead atoms. The molecule has 0 radical (unpaired) electrons. The topological polar surface area (TPSA) is 34.0 Å². The first-order valence-electron chi connectivity index (χ1n) is 16.9. The van der Waals surface area contributed by atoms with Gasteiger partial charge in [0, 0.05) is 38.9 Å². The van der Waals surface area contributed by atoms with Gasteiger partial charge in [0.2, 0.25) is 0 Å². The highest BCUT2D eigenvalue weighted by atomic mass is 15.3. The third-order valence-electron chi connectivity index (χ3n) is 9.69. The maximum atomic E-state index is 5.16. The monoisotopic (exact) mass is 638 g/mol. The van der Waals surface area contributed by atoms with Gasteiger partial charge >= 0.3 is 0 Å². The zero-order valence-corrected chi connectivity index (χ0v) is 27.1. The molecule has 1 aliphatic rings. The molecule has 0 saturated carbocycles. The summed E-state index contributed by atoms with van der Waals surface area (Å²) in [5.41, 5.74) is 11.7. The van der Waals surface area contributed by atoms with Gasteiger partial charge in [-0.2, -0.15) is 0 Å².